The third kappa shape index (κ3) is 4.37. The molecular weight excluding hydrogens is 321 g/mol. The molecule has 0 bridgehead atoms. The van der Waals surface area contributed by atoms with Crippen LogP contribution in [0.5, 0.6) is 0 Å². The van der Waals surface area contributed by atoms with Crippen molar-refractivity contribution in [2.75, 3.05) is 5.32 Å². The fourth-order valence-corrected chi connectivity index (χ4v) is 2.48. The van der Waals surface area contributed by atoms with Gasteiger partial charge in [-0.15, -0.1) is 0 Å². The van der Waals surface area contributed by atoms with E-state index in [0.29, 0.717) is 25.7 Å². The predicted octanol–water partition coefficient (Wildman–Crippen LogP) is 3.99. The molecule has 0 aromatic heterocycles. The minimum atomic E-state index is -4.59. The summed E-state index contributed by atoms with van der Waals surface area (Å²) in [5, 5.41) is 4.56. The number of benzene rings is 1. The van der Waals surface area contributed by atoms with Gasteiger partial charge in [-0.3, -0.25) is 4.79 Å². The molecule has 1 aromatic rings. The molecule has 1 aliphatic carbocycles. The maximum absolute atomic E-state index is 12.7. The van der Waals surface area contributed by atoms with Gasteiger partial charge in [0, 0.05) is 24.6 Å². The number of carbonyl (C=O) groups excluding carboxylic acids is 2. The van der Waals surface area contributed by atoms with Crippen molar-refractivity contribution in [3.05, 3.63) is 28.8 Å². The maximum Gasteiger partial charge on any atom is 0.417 e. The van der Waals surface area contributed by atoms with Crippen molar-refractivity contribution in [3.8, 4) is 0 Å². The first-order chi connectivity index (χ1) is 10.3. The fourth-order valence-electron chi connectivity index (χ4n) is 2.26. The Morgan fingerprint density at radius 2 is 1.86 bits per heavy atom. The van der Waals surface area contributed by atoms with Gasteiger partial charge in [0.15, 0.2) is 0 Å². The molecule has 1 saturated carbocycles. The first-order valence-electron chi connectivity index (χ1n) is 6.71. The summed E-state index contributed by atoms with van der Waals surface area (Å²) in [6.45, 7) is 0. The van der Waals surface area contributed by atoms with Crippen LogP contribution in [0.15, 0.2) is 18.2 Å². The van der Waals surface area contributed by atoms with Gasteiger partial charge in [0.2, 0.25) is 0 Å². The van der Waals surface area contributed by atoms with Crippen LogP contribution in [0.1, 0.15) is 31.2 Å². The Morgan fingerprint density at radius 3 is 2.45 bits per heavy atom. The van der Waals surface area contributed by atoms with Crippen molar-refractivity contribution in [3.63, 3.8) is 0 Å². The van der Waals surface area contributed by atoms with Crippen molar-refractivity contribution in [2.24, 2.45) is 0 Å². The van der Waals surface area contributed by atoms with Crippen molar-refractivity contribution >= 4 is 29.1 Å². The molecule has 0 unspecified atom stereocenters. The molecule has 0 atom stereocenters. The van der Waals surface area contributed by atoms with Crippen molar-refractivity contribution in [1.82, 2.24) is 5.32 Å². The average Bonchev–Trinajstić information content (AvgIpc) is 2.42. The molecule has 1 aliphatic rings. The first kappa shape index (κ1) is 16.6. The summed E-state index contributed by atoms with van der Waals surface area (Å²) in [6.07, 6.45) is -2.69. The van der Waals surface area contributed by atoms with Crippen LogP contribution in [0, 0.1) is 0 Å². The summed E-state index contributed by atoms with van der Waals surface area (Å²) in [5.41, 5.74) is -1.00. The molecule has 8 heteroatoms. The number of anilines is 1. The van der Waals surface area contributed by atoms with E-state index in [-0.39, 0.29) is 17.5 Å². The number of alkyl halides is 3. The predicted molar refractivity (Wildman–Crippen MR) is 75.9 cm³/mol. The second-order valence-corrected chi connectivity index (χ2v) is 5.51. The summed E-state index contributed by atoms with van der Waals surface area (Å²) in [4.78, 5) is 22.9. The molecule has 2 N–H and O–H groups in total. The zero-order valence-electron chi connectivity index (χ0n) is 11.5. The highest BCUT2D eigenvalue weighted by Crippen LogP contribution is 2.36. The molecular formula is C14H14ClF3N2O2. The Hall–Kier alpha value is -1.76. The summed E-state index contributed by atoms with van der Waals surface area (Å²) < 4.78 is 38.2. The Labute approximate surface area is 130 Å². The molecule has 1 fully saturated rings. The van der Waals surface area contributed by atoms with Gasteiger partial charge in [-0.25, -0.2) is 4.79 Å². The lowest BCUT2D eigenvalue weighted by Crippen LogP contribution is -2.40. The molecule has 0 saturated heterocycles. The maximum atomic E-state index is 12.7. The number of Topliss-reactive ketones (excluding diaryl/α,β-unsaturated/α-hetero) is 1. The van der Waals surface area contributed by atoms with Crippen LogP contribution in [0.25, 0.3) is 0 Å². The van der Waals surface area contributed by atoms with Gasteiger partial charge < -0.3 is 10.6 Å². The Morgan fingerprint density at radius 1 is 1.23 bits per heavy atom. The number of hydrogen-bond donors (Lipinski definition) is 2. The monoisotopic (exact) mass is 334 g/mol. The van der Waals surface area contributed by atoms with Crippen LogP contribution in [0.3, 0.4) is 0 Å². The van der Waals surface area contributed by atoms with Crippen LogP contribution in [-0.4, -0.2) is 17.9 Å². The van der Waals surface area contributed by atoms with E-state index in [1.54, 1.807) is 0 Å². The van der Waals surface area contributed by atoms with E-state index < -0.39 is 22.8 Å². The van der Waals surface area contributed by atoms with Crippen LogP contribution in [0.4, 0.5) is 23.7 Å². The van der Waals surface area contributed by atoms with Gasteiger partial charge in [0.05, 0.1) is 10.6 Å². The standard InChI is InChI=1S/C14H14ClF3N2O2/c15-12-6-3-9(7-11(12)14(16,17)18)20-13(22)19-8-1-4-10(21)5-2-8/h3,6-8H,1-2,4-5H2,(H2,19,20,22). The summed E-state index contributed by atoms with van der Waals surface area (Å²) in [7, 11) is 0. The lowest BCUT2D eigenvalue weighted by atomic mass is 9.94. The molecule has 0 radical (unpaired) electrons. The second kappa shape index (κ2) is 6.56. The Kier molecular flexibility index (Phi) is 4.95. The van der Waals surface area contributed by atoms with Crippen LogP contribution in [0.2, 0.25) is 5.02 Å². The number of amides is 2. The zero-order chi connectivity index (χ0) is 16.3. The highest BCUT2D eigenvalue weighted by molar-refractivity contribution is 6.31. The van der Waals surface area contributed by atoms with E-state index >= 15 is 0 Å². The number of ketones is 1. The average molecular weight is 335 g/mol. The summed E-state index contributed by atoms with van der Waals surface area (Å²) in [5.74, 6) is 0.158. The van der Waals surface area contributed by atoms with Crippen molar-refractivity contribution < 1.29 is 22.8 Å². The van der Waals surface area contributed by atoms with Crippen LogP contribution in [-0.2, 0) is 11.0 Å². The number of rotatable bonds is 2. The molecule has 1 aromatic carbocycles. The second-order valence-electron chi connectivity index (χ2n) is 5.10. The van der Waals surface area contributed by atoms with Gasteiger partial charge in [-0.1, -0.05) is 11.6 Å². The lowest BCUT2D eigenvalue weighted by Gasteiger charge is -2.22. The van der Waals surface area contributed by atoms with E-state index in [2.05, 4.69) is 10.6 Å². The number of carbonyl (C=O) groups is 2. The van der Waals surface area contributed by atoms with Gasteiger partial charge >= 0.3 is 12.2 Å². The Bertz CT molecular complexity index is 580. The van der Waals surface area contributed by atoms with Gasteiger partial charge in [-0.2, -0.15) is 13.2 Å². The number of hydrogen-bond acceptors (Lipinski definition) is 2. The van der Waals surface area contributed by atoms with E-state index in [9.17, 15) is 22.8 Å². The van der Waals surface area contributed by atoms with Crippen LogP contribution < -0.4 is 10.6 Å². The van der Waals surface area contributed by atoms with E-state index in [4.69, 9.17) is 11.6 Å². The van der Waals surface area contributed by atoms with Gasteiger partial charge in [-0.05, 0) is 31.0 Å². The third-order valence-corrected chi connectivity index (χ3v) is 3.74. The highest BCUT2D eigenvalue weighted by atomic mass is 35.5. The van der Waals surface area contributed by atoms with Gasteiger partial charge in [0.1, 0.15) is 5.78 Å². The molecule has 0 spiro atoms. The molecule has 2 amide bonds. The number of urea groups is 1. The summed E-state index contributed by atoms with van der Waals surface area (Å²) in [6, 6.07) is 2.41. The third-order valence-electron chi connectivity index (χ3n) is 3.41. The minimum Gasteiger partial charge on any atom is -0.335 e. The molecule has 0 heterocycles. The van der Waals surface area contributed by atoms with Gasteiger partial charge in [0.25, 0.3) is 0 Å². The SMILES string of the molecule is O=C1CCC(NC(=O)Nc2ccc(Cl)c(C(F)(F)F)c2)CC1. The topological polar surface area (TPSA) is 58.2 Å². The zero-order valence-corrected chi connectivity index (χ0v) is 12.2. The normalized spacial score (nSPS) is 16.5. The molecule has 4 nitrogen and oxygen atoms in total. The highest BCUT2D eigenvalue weighted by Gasteiger charge is 2.33. The van der Waals surface area contributed by atoms with E-state index in [0.717, 1.165) is 12.1 Å². The first-order valence-corrected chi connectivity index (χ1v) is 7.09. The molecule has 22 heavy (non-hydrogen) atoms. The lowest BCUT2D eigenvalue weighted by molar-refractivity contribution is -0.137. The quantitative estimate of drug-likeness (QED) is 0.859. The van der Waals surface area contributed by atoms with Crippen molar-refractivity contribution in [1.29, 1.82) is 0 Å². The van der Waals surface area contributed by atoms with Crippen molar-refractivity contribution in [2.45, 2.75) is 37.9 Å². The largest absolute Gasteiger partial charge is 0.417 e. The fraction of sp³-hybridized carbons (Fsp3) is 0.429. The summed E-state index contributed by atoms with van der Waals surface area (Å²) >= 11 is 5.51. The Balaban J connectivity index is 1.98. The molecule has 120 valence electrons. The molecule has 0 aliphatic heterocycles. The smallest absolute Gasteiger partial charge is 0.335 e. The number of nitrogens with one attached hydrogen (secondary N) is 2. The number of halogens is 4. The van der Waals surface area contributed by atoms with Crippen LogP contribution >= 0.6 is 11.6 Å². The van der Waals surface area contributed by atoms with E-state index in [1.807, 2.05) is 0 Å². The van der Waals surface area contributed by atoms with E-state index in [1.165, 1.54) is 6.07 Å². The molecule has 2 rings (SSSR count). The minimum absolute atomic E-state index is 0.00103.